The largest absolute Gasteiger partial charge is 0.416 e. The summed E-state index contributed by atoms with van der Waals surface area (Å²) in [6, 6.07) is 12.7. The van der Waals surface area contributed by atoms with Gasteiger partial charge in [0.2, 0.25) is 11.8 Å². The lowest BCUT2D eigenvalue weighted by atomic mass is 9.93. The van der Waals surface area contributed by atoms with Crippen molar-refractivity contribution in [1.82, 2.24) is 14.8 Å². The Morgan fingerprint density at radius 2 is 1.66 bits per heavy atom. The monoisotopic (exact) mass is 549 g/mol. The lowest BCUT2D eigenvalue weighted by Gasteiger charge is -2.33. The summed E-state index contributed by atoms with van der Waals surface area (Å²) in [5, 5.41) is 1.05. The van der Waals surface area contributed by atoms with E-state index in [1.807, 2.05) is 44.3 Å². The van der Waals surface area contributed by atoms with Crippen LogP contribution in [0.25, 0.3) is 10.9 Å². The summed E-state index contributed by atoms with van der Waals surface area (Å²) in [7, 11) is 0. The second kappa shape index (κ2) is 12.2. The third kappa shape index (κ3) is 7.53. The van der Waals surface area contributed by atoms with Crippen molar-refractivity contribution in [3.8, 4) is 0 Å². The van der Waals surface area contributed by atoms with Gasteiger partial charge < -0.3 is 14.8 Å². The second-order valence-corrected chi connectivity index (χ2v) is 11.0. The van der Waals surface area contributed by atoms with Gasteiger partial charge in [0.15, 0.2) is 0 Å². The molecule has 0 bridgehead atoms. The predicted octanol–water partition coefficient (Wildman–Crippen LogP) is 6.51. The van der Waals surface area contributed by atoms with Crippen molar-refractivity contribution in [2.24, 2.45) is 11.3 Å². The highest BCUT2D eigenvalue weighted by Gasteiger charge is 2.33. The molecular weight excluding hydrogens is 515 g/mol. The van der Waals surface area contributed by atoms with Crippen molar-refractivity contribution in [2.45, 2.75) is 46.8 Å². The highest BCUT2D eigenvalue weighted by molar-refractivity contribution is 6.19. The minimum atomic E-state index is -4.43. The molecule has 0 radical (unpaired) electrons. The average molecular weight is 550 g/mol. The number of H-pyrrole nitrogens is 1. The molecule has 3 rings (SSSR count). The van der Waals surface area contributed by atoms with E-state index in [9.17, 15) is 22.8 Å². The molecule has 0 atom stereocenters. The molecule has 2 aromatic carbocycles. The zero-order valence-electron chi connectivity index (χ0n) is 22.2. The Labute approximate surface area is 226 Å². The van der Waals surface area contributed by atoms with Crippen LogP contribution in [0.3, 0.4) is 0 Å². The molecule has 0 unspecified atom stereocenters. The first-order valence-electron chi connectivity index (χ1n) is 12.7. The van der Waals surface area contributed by atoms with Crippen LogP contribution < -0.4 is 0 Å². The van der Waals surface area contributed by atoms with E-state index in [1.165, 1.54) is 12.1 Å². The first-order chi connectivity index (χ1) is 17.8. The molecule has 5 nitrogen and oxygen atoms in total. The summed E-state index contributed by atoms with van der Waals surface area (Å²) in [6.07, 6.45) is -1.99. The number of fused-ring (bicyclic) bond motifs is 1. The van der Waals surface area contributed by atoms with E-state index >= 15 is 0 Å². The van der Waals surface area contributed by atoms with Crippen LogP contribution in [0.4, 0.5) is 13.2 Å². The molecule has 0 aliphatic rings. The number of para-hydroxylation sites is 1. The zero-order valence-corrected chi connectivity index (χ0v) is 23.0. The van der Waals surface area contributed by atoms with Crippen LogP contribution >= 0.6 is 11.6 Å². The summed E-state index contributed by atoms with van der Waals surface area (Å²) < 4.78 is 39.2. The summed E-state index contributed by atoms with van der Waals surface area (Å²) in [5.41, 5.74) is 1.02. The van der Waals surface area contributed by atoms with Crippen molar-refractivity contribution in [1.29, 1.82) is 0 Å². The quantitative estimate of drug-likeness (QED) is 0.277. The highest BCUT2D eigenvalue weighted by atomic mass is 35.5. The number of nitrogens with zero attached hydrogens (tertiary/aromatic N) is 2. The van der Waals surface area contributed by atoms with Gasteiger partial charge in [-0.3, -0.25) is 9.59 Å². The van der Waals surface area contributed by atoms with Gasteiger partial charge in [-0.15, -0.1) is 11.6 Å². The van der Waals surface area contributed by atoms with Crippen molar-refractivity contribution in [2.75, 3.05) is 25.5 Å². The molecule has 1 heterocycles. The average Bonchev–Trinajstić information content (AvgIpc) is 3.28. The lowest BCUT2D eigenvalue weighted by Crippen LogP contribution is -2.49. The number of hydrogen-bond acceptors (Lipinski definition) is 2. The molecule has 206 valence electrons. The molecule has 0 saturated carbocycles. The third-order valence-corrected chi connectivity index (χ3v) is 7.11. The number of carbonyl (C=O) groups excluding carboxylic acids is 2. The molecule has 0 spiro atoms. The van der Waals surface area contributed by atoms with Gasteiger partial charge in [0, 0.05) is 42.6 Å². The van der Waals surface area contributed by atoms with Crippen LogP contribution in [0.1, 0.15) is 44.4 Å². The van der Waals surface area contributed by atoms with E-state index in [2.05, 4.69) is 4.98 Å². The van der Waals surface area contributed by atoms with Crippen LogP contribution in [0.15, 0.2) is 54.7 Å². The minimum Gasteiger partial charge on any atom is -0.361 e. The third-order valence-electron chi connectivity index (χ3n) is 6.45. The standard InChI is InChI=1S/C29H35ClF3N3O2/c1-20(2)16-36(27(38)28(3,4)19-30)18-26(37)35(17-21-9-11-23(12-10-21)29(31,32)33)14-13-22-15-34-25-8-6-5-7-24(22)25/h5-12,15,20,34H,13-14,16-19H2,1-4H3. The van der Waals surface area contributed by atoms with Gasteiger partial charge in [0.05, 0.1) is 17.5 Å². The number of aromatic amines is 1. The summed E-state index contributed by atoms with van der Waals surface area (Å²) in [4.78, 5) is 33.2. The molecular formula is C29H35ClF3N3O2. The summed E-state index contributed by atoms with van der Waals surface area (Å²) in [5.74, 6) is -0.234. The molecule has 1 aromatic heterocycles. The minimum absolute atomic E-state index is 0.116. The number of rotatable bonds is 11. The molecule has 1 N–H and O–H groups in total. The predicted molar refractivity (Wildman–Crippen MR) is 145 cm³/mol. The maximum absolute atomic E-state index is 13.6. The number of carbonyl (C=O) groups is 2. The van der Waals surface area contributed by atoms with Crippen LogP contribution in [0.5, 0.6) is 0 Å². The Kier molecular flexibility index (Phi) is 9.52. The number of nitrogens with one attached hydrogen (secondary N) is 1. The first-order valence-corrected chi connectivity index (χ1v) is 13.2. The fourth-order valence-corrected chi connectivity index (χ4v) is 4.43. The Hall–Kier alpha value is -3.00. The van der Waals surface area contributed by atoms with Gasteiger partial charge in [-0.05, 0) is 55.5 Å². The van der Waals surface area contributed by atoms with Crippen molar-refractivity contribution in [3.63, 3.8) is 0 Å². The maximum atomic E-state index is 13.6. The van der Waals surface area contributed by atoms with E-state index in [0.717, 1.165) is 28.6 Å². The summed E-state index contributed by atoms with van der Waals surface area (Å²) in [6.45, 7) is 8.15. The van der Waals surface area contributed by atoms with Crippen LogP contribution in [0, 0.1) is 11.3 Å². The number of benzene rings is 2. The van der Waals surface area contributed by atoms with Gasteiger partial charge in [-0.2, -0.15) is 13.2 Å². The lowest BCUT2D eigenvalue weighted by molar-refractivity contribution is -0.146. The number of aromatic nitrogens is 1. The Morgan fingerprint density at radius 1 is 1.00 bits per heavy atom. The van der Waals surface area contributed by atoms with E-state index in [4.69, 9.17) is 11.6 Å². The molecule has 0 fully saturated rings. The van der Waals surface area contributed by atoms with Crippen LogP contribution in [0.2, 0.25) is 0 Å². The molecule has 0 saturated heterocycles. The fourth-order valence-electron chi connectivity index (χ4n) is 4.31. The number of hydrogen-bond donors (Lipinski definition) is 1. The van der Waals surface area contributed by atoms with Crippen LogP contribution in [-0.2, 0) is 28.7 Å². The number of amides is 2. The Bertz CT molecular complexity index is 1240. The molecule has 9 heteroatoms. The fraction of sp³-hybridized carbons (Fsp3) is 0.448. The van der Waals surface area contributed by atoms with Crippen molar-refractivity contribution in [3.05, 3.63) is 71.4 Å². The van der Waals surface area contributed by atoms with Gasteiger partial charge in [0.1, 0.15) is 0 Å². The summed E-state index contributed by atoms with van der Waals surface area (Å²) >= 11 is 6.05. The molecule has 3 aromatic rings. The number of alkyl halides is 4. The second-order valence-electron chi connectivity index (χ2n) is 10.7. The Balaban J connectivity index is 1.85. The van der Waals surface area contributed by atoms with E-state index < -0.39 is 17.2 Å². The molecule has 2 amide bonds. The Morgan fingerprint density at radius 3 is 2.26 bits per heavy atom. The molecule has 0 aliphatic carbocycles. The van der Waals surface area contributed by atoms with Crippen LogP contribution in [-0.4, -0.2) is 52.1 Å². The normalized spacial score (nSPS) is 12.2. The van der Waals surface area contributed by atoms with E-state index in [0.29, 0.717) is 25.1 Å². The van der Waals surface area contributed by atoms with E-state index in [1.54, 1.807) is 23.6 Å². The van der Waals surface area contributed by atoms with E-state index in [-0.39, 0.29) is 36.7 Å². The van der Waals surface area contributed by atoms with Gasteiger partial charge >= 0.3 is 6.18 Å². The zero-order chi connectivity index (χ0) is 28.1. The first kappa shape index (κ1) is 29.6. The van der Waals surface area contributed by atoms with Gasteiger partial charge in [-0.25, -0.2) is 0 Å². The molecule has 38 heavy (non-hydrogen) atoms. The SMILES string of the molecule is CC(C)CN(CC(=O)N(CCc1c[nH]c2ccccc12)Cc1ccc(C(F)(F)F)cc1)C(=O)C(C)(C)CCl. The van der Waals surface area contributed by atoms with Crippen molar-refractivity contribution >= 4 is 34.3 Å². The topological polar surface area (TPSA) is 56.4 Å². The highest BCUT2D eigenvalue weighted by Crippen LogP contribution is 2.29. The number of halogens is 4. The molecule has 0 aliphatic heterocycles. The smallest absolute Gasteiger partial charge is 0.361 e. The maximum Gasteiger partial charge on any atom is 0.416 e. The van der Waals surface area contributed by atoms with Gasteiger partial charge in [0.25, 0.3) is 0 Å². The van der Waals surface area contributed by atoms with Gasteiger partial charge in [-0.1, -0.05) is 44.2 Å². The van der Waals surface area contributed by atoms with Crippen molar-refractivity contribution < 1.29 is 22.8 Å².